The lowest BCUT2D eigenvalue weighted by atomic mass is 9.87. The van der Waals surface area contributed by atoms with Crippen LogP contribution < -0.4 is 0 Å². The SMILES string of the molecule is CCC(C)C(C)C1OC1CC(C)/C=C/C=C(\C)C1OC(=O)CC(C)CCC(C)(O)C(O)/C=C/C1C. The van der Waals surface area contributed by atoms with Crippen molar-refractivity contribution in [2.75, 3.05) is 0 Å². The maximum Gasteiger partial charge on any atom is 0.306 e. The van der Waals surface area contributed by atoms with Gasteiger partial charge in [0.25, 0.3) is 0 Å². The van der Waals surface area contributed by atoms with Crippen LogP contribution >= 0.6 is 0 Å². The molecule has 10 atom stereocenters. The minimum absolute atomic E-state index is 0.0714. The van der Waals surface area contributed by atoms with Gasteiger partial charge < -0.3 is 19.7 Å². The Hall–Kier alpha value is -1.43. The topological polar surface area (TPSA) is 79.3 Å². The molecule has 0 radical (unpaired) electrons. The van der Waals surface area contributed by atoms with Crippen molar-refractivity contribution in [3.05, 3.63) is 36.0 Å². The van der Waals surface area contributed by atoms with Crippen LogP contribution in [0.5, 0.6) is 0 Å². The minimum Gasteiger partial charge on any atom is -0.457 e. The van der Waals surface area contributed by atoms with Crippen LogP contribution in [0.15, 0.2) is 36.0 Å². The number of aliphatic hydroxyl groups excluding tert-OH is 1. The number of hydrogen-bond donors (Lipinski definition) is 2. The number of carbonyl (C=O) groups excluding carboxylic acids is 1. The highest BCUT2D eigenvalue weighted by Gasteiger charge is 2.44. The van der Waals surface area contributed by atoms with Crippen molar-refractivity contribution in [3.63, 3.8) is 0 Å². The van der Waals surface area contributed by atoms with E-state index in [4.69, 9.17) is 9.47 Å². The molecule has 1 saturated heterocycles. The van der Waals surface area contributed by atoms with E-state index in [1.807, 2.05) is 32.9 Å². The van der Waals surface area contributed by atoms with Crippen molar-refractivity contribution >= 4 is 5.97 Å². The normalized spacial score (nSPS) is 38.7. The molecule has 2 rings (SSSR count). The lowest BCUT2D eigenvalue weighted by molar-refractivity contribution is -0.150. The summed E-state index contributed by atoms with van der Waals surface area (Å²) in [6, 6.07) is 0. The fourth-order valence-electron chi connectivity index (χ4n) is 4.91. The van der Waals surface area contributed by atoms with Crippen LogP contribution in [0.1, 0.15) is 87.5 Å². The molecule has 2 aliphatic heterocycles. The van der Waals surface area contributed by atoms with Gasteiger partial charge in [0.1, 0.15) is 12.2 Å². The quantitative estimate of drug-likeness (QED) is 0.189. The van der Waals surface area contributed by atoms with Crippen LogP contribution in [0, 0.1) is 29.6 Å². The second-order valence-corrected chi connectivity index (χ2v) is 11.7. The van der Waals surface area contributed by atoms with Crippen LogP contribution in [-0.4, -0.2) is 46.2 Å². The molecular formula is C30H50O5. The smallest absolute Gasteiger partial charge is 0.306 e. The third-order valence-electron chi connectivity index (χ3n) is 8.16. The van der Waals surface area contributed by atoms with Gasteiger partial charge in [-0.3, -0.25) is 4.79 Å². The number of hydrogen-bond acceptors (Lipinski definition) is 5. The van der Waals surface area contributed by atoms with E-state index in [0.29, 0.717) is 49.2 Å². The van der Waals surface area contributed by atoms with Gasteiger partial charge in [-0.05, 0) is 62.4 Å². The predicted molar refractivity (Wildman–Crippen MR) is 142 cm³/mol. The Labute approximate surface area is 213 Å². The molecule has 0 spiro atoms. The first-order valence-corrected chi connectivity index (χ1v) is 13.6. The number of epoxide rings is 1. The van der Waals surface area contributed by atoms with Gasteiger partial charge in [-0.2, -0.15) is 0 Å². The maximum atomic E-state index is 12.6. The molecule has 0 amide bonds. The van der Waals surface area contributed by atoms with Crippen LogP contribution in [-0.2, 0) is 14.3 Å². The zero-order chi connectivity index (χ0) is 26.3. The molecule has 5 nitrogen and oxygen atoms in total. The summed E-state index contributed by atoms with van der Waals surface area (Å²) in [5.41, 5.74) is -0.264. The fourth-order valence-corrected chi connectivity index (χ4v) is 4.91. The van der Waals surface area contributed by atoms with Crippen molar-refractivity contribution in [2.45, 2.75) is 118 Å². The molecule has 5 heteroatoms. The molecule has 0 aromatic carbocycles. The number of rotatable bonds is 8. The number of cyclic esters (lactones) is 1. The number of esters is 1. The largest absolute Gasteiger partial charge is 0.457 e. The zero-order valence-electron chi connectivity index (χ0n) is 23.2. The van der Waals surface area contributed by atoms with E-state index in [1.54, 1.807) is 13.0 Å². The minimum atomic E-state index is -1.22. The summed E-state index contributed by atoms with van der Waals surface area (Å²) in [5, 5.41) is 21.1. The van der Waals surface area contributed by atoms with Crippen molar-refractivity contribution in [3.8, 4) is 0 Å². The highest BCUT2D eigenvalue weighted by atomic mass is 16.6. The molecule has 2 N–H and O–H groups in total. The summed E-state index contributed by atoms with van der Waals surface area (Å²) in [6.07, 6.45) is 12.7. The summed E-state index contributed by atoms with van der Waals surface area (Å²) in [5.74, 6) is 1.39. The standard InChI is InChI=1S/C30H50O5/c1-9-21(4)24(7)29-25(34-29)17-19(2)11-10-12-22(5)28-23(6)13-14-26(31)30(8,33)16-15-20(3)18-27(32)35-28/h10-14,19-21,23-26,28-29,31,33H,9,15-18H2,1-8H3/b11-10+,14-13+,22-12+. The Morgan fingerprint density at radius 1 is 1.26 bits per heavy atom. The van der Waals surface area contributed by atoms with Gasteiger partial charge in [0.2, 0.25) is 0 Å². The average Bonchev–Trinajstić information content (AvgIpc) is 3.56. The monoisotopic (exact) mass is 490 g/mol. The van der Waals surface area contributed by atoms with E-state index >= 15 is 0 Å². The number of ether oxygens (including phenoxy) is 2. The lowest BCUT2D eigenvalue weighted by Crippen LogP contribution is -2.39. The van der Waals surface area contributed by atoms with Crippen LogP contribution in [0.25, 0.3) is 0 Å². The summed E-state index contributed by atoms with van der Waals surface area (Å²) in [6.45, 7) is 16.6. The van der Waals surface area contributed by atoms with Crippen molar-refractivity contribution < 1.29 is 24.5 Å². The van der Waals surface area contributed by atoms with Gasteiger partial charge in [-0.1, -0.05) is 78.3 Å². The van der Waals surface area contributed by atoms with Gasteiger partial charge >= 0.3 is 5.97 Å². The molecule has 0 aliphatic carbocycles. The second kappa shape index (κ2) is 13.2. The molecule has 0 saturated carbocycles. The van der Waals surface area contributed by atoms with E-state index < -0.39 is 17.8 Å². The Kier molecular flexibility index (Phi) is 11.2. The first-order chi connectivity index (χ1) is 16.4. The average molecular weight is 491 g/mol. The molecule has 0 aromatic rings. The Bertz CT molecular complexity index is 767. The lowest BCUT2D eigenvalue weighted by Gasteiger charge is -2.30. The molecular weight excluding hydrogens is 440 g/mol. The molecule has 2 heterocycles. The van der Waals surface area contributed by atoms with Gasteiger partial charge in [-0.15, -0.1) is 0 Å². The Morgan fingerprint density at radius 2 is 1.94 bits per heavy atom. The first-order valence-electron chi connectivity index (χ1n) is 13.6. The third-order valence-corrected chi connectivity index (χ3v) is 8.16. The van der Waals surface area contributed by atoms with Gasteiger partial charge in [0, 0.05) is 12.3 Å². The predicted octanol–water partition coefficient (Wildman–Crippen LogP) is 6.00. The third kappa shape index (κ3) is 9.18. The van der Waals surface area contributed by atoms with Gasteiger partial charge in [0.15, 0.2) is 0 Å². The number of carbonyl (C=O) groups is 1. The highest BCUT2D eigenvalue weighted by Crippen LogP contribution is 2.38. The van der Waals surface area contributed by atoms with E-state index in [2.05, 4.69) is 39.8 Å². The molecule has 10 unspecified atom stereocenters. The summed E-state index contributed by atoms with van der Waals surface area (Å²) < 4.78 is 11.9. The zero-order valence-corrected chi connectivity index (χ0v) is 23.2. The second-order valence-electron chi connectivity index (χ2n) is 11.7. The van der Waals surface area contributed by atoms with E-state index in [0.717, 1.165) is 12.0 Å². The van der Waals surface area contributed by atoms with Crippen molar-refractivity contribution in [1.29, 1.82) is 0 Å². The number of aliphatic hydroxyl groups is 2. The highest BCUT2D eigenvalue weighted by molar-refractivity contribution is 5.70. The van der Waals surface area contributed by atoms with Gasteiger partial charge in [-0.25, -0.2) is 0 Å². The summed E-state index contributed by atoms with van der Waals surface area (Å²) >= 11 is 0. The number of allylic oxidation sites excluding steroid dienone is 3. The molecule has 200 valence electrons. The Morgan fingerprint density at radius 3 is 2.60 bits per heavy atom. The van der Waals surface area contributed by atoms with E-state index in [1.165, 1.54) is 6.42 Å². The molecule has 35 heavy (non-hydrogen) atoms. The molecule has 2 aliphatic rings. The molecule has 1 fully saturated rings. The summed E-state index contributed by atoms with van der Waals surface area (Å²) in [4.78, 5) is 12.6. The fraction of sp³-hybridized carbons (Fsp3) is 0.767. The van der Waals surface area contributed by atoms with E-state index in [-0.39, 0.29) is 17.8 Å². The van der Waals surface area contributed by atoms with Crippen molar-refractivity contribution in [1.82, 2.24) is 0 Å². The van der Waals surface area contributed by atoms with Crippen molar-refractivity contribution in [2.24, 2.45) is 29.6 Å². The van der Waals surface area contributed by atoms with Crippen LogP contribution in [0.4, 0.5) is 0 Å². The molecule has 0 bridgehead atoms. The maximum absolute atomic E-state index is 12.6. The Balaban J connectivity index is 2.04. The van der Waals surface area contributed by atoms with Gasteiger partial charge in [0.05, 0.1) is 17.8 Å². The molecule has 0 aromatic heterocycles. The van der Waals surface area contributed by atoms with Crippen LogP contribution in [0.3, 0.4) is 0 Å². The van der Waals surface area contributed by atoms with E-state index in [9.17, 15) is 15.0 Å². The van der Waals surface area contributed by atoms with Crippen LogP contribution in [0.2, 0.25) is 0 Å². The summed E-state index contributed by atoms with van der Waals surface area (Å²) in [7, 11) is 0. The first kappa shape index (κ1) is 29.8.